The summed E-state index contributed by atoms with van der Waals surface area (Å²) in [6, 6.07) is 3.13. The molecule has 1 amide bonds. The molecule has 0 aromatic heterocycles. The van der Waals surface area contributed by atoms with E-state index in [1.807, 2.05) is 0 Å². The molecular formula is C13H15F2NO2. The average molecular weight is 255 g/mol. The molecule has 0 bridgehead atoms. The Kier molecular flexibility index (Phi) is 5.45. The summed E-state index contributed by atoms with van der Waals surface area (Å²) in [6.07, 6.45) is 2.69. The van der Waals surface area contributed by atoms with Gasteiger partial charge < -0.3 is 10.4 Å². The Labute approximate surface area is 104 Å². The first-order chi connectivity index (χ1) is 8.58. The van der Waals surface area contributed by atoms with E-state index in [4.69, 9.17) is 5.11 Å². The molecule has 0 radical (unpaired) electrons. The highest BCUT2D eigenvalue weighted by Gasteiger charge is 2.08. The Hall–Kier alpha value is -1.75. The third kappa shape index (κ3) is 3.92. The van der Waals surface area contributed by atoms with E-state index in [0.29, 0.717) is 6.42 Å². The van der Waals surface area contributed by atoms with Gasteiger partial charge in [0.1, 0.15) is 11.6 Å². The van der Waals surface area contributed by atoms with Crippen LogP contribution < -0.4 is 5.32 Å². The minimum Gasteiger partial charge on any atom is -0.394 e. The lowest BCUT2D eigenvalue weighted by atomic mass is 10.2. The lowest BCUT2D eigenvalue weighted by Crippen LogP contribution is -2.35. The van der Waals surface area contributed by atoms with E-state index in [9.17, 15) is 13.6 Å². The molecule has 0 spiro atoms. The Morgan fingerprint density at radius 2 is 2.06 bits per heavy atom. The average Bonchev–Trinajstić information content (AvgIpc) is 2.35. The van der Waals surface area contributed by atoms with Crippen molar-refractivity contribution < 1.29 is 18.7 Å². The van der Waals surface area contributed by atoms with E-state index in [0.717, 1.165) is 24.3 Å². The third-order valence-electron chi connectivity index (χ3n) is 2.46. The standard InChI is InChI=1S/C13H15F2NO2/c1-2-9(8-17)16-13(18)7-6-10-11(14)4-3-5-12(10)15/h3-7,9,17H,2,8H2,1H3,(H,16,18)/b7-6+. The zero-order valence-corrected chi connectivity index (χ0v) is 9.99. The van der Waals surface area contributed by atoms with Crippen LogP contribution in [0.5, 0.6) is 0 Å². The summed E-state index contributed by atoms with van der Waals surface area (Å²) in [4.78, 5) is 11.4. The minimum atomic E-state index is -0.728. The monoisotopic (exact) mass is 255 g/mol. The maximum absolute atomic E-state index is 13.2. The summed E-state index contributed by atoms with van der Waals surface area (Å²) >= 11 is 0. The van der Waals surface area contributed by atoms with Crippen LogP contribution in [0.4, 0.5) is 8.78 Å². The van der Waals surface area contributed by atoms with E-state index in [-0.39, 0.29) is 18.2 Å². The van der Waals surface area contributed by atoms with E-state index in [1.165, 1.54) is 6.07 Å². The molecule has 0 saturated carbocycles. The number of carbonyl (C=O) groups is 1. The van der Waals surface area contributed by atoms with Crippen LogP contribution in [0.25, 0.3) is 6.08 Å². The summed E-state index contributed by atoms with van der Waals surface area (Å²) in [7, 11) is 0. The van der Waals surface area contributed by atoms with Gasteiger partial charge in [0.2, 0.25) is 5.91 Å². The van der Waals surface area contributed by atoms with Crippen molar-refractivity contribution in [3.8, 4) is 0 Å². The predicted octanol–water partition coefficient (Wildman–Crippen LogP) is 1.87. The van der Waals surface area contributed by atoms with Gasteiger partial charge in [-0.1, -0.05) is 13.0 Å². The number of nitrogens with one attached hydrogen (secondary N) is 1. The third-order valence-corrected chi connectivity index (χ3v) is 2.46. The second-order valence-electron chi connectivity index (χ2n) is 3.77. The van der Waals surface area contributed by atoms with Gasteiger partial charge in [0, 0.05) is 11.6 Å². The topological polar surface area (TPSA) is 49.3 Å². The SMILES string of the molecule is CCC(CO)NC(=O)/C=C/c1c(F)cccc1F. The normalized spacial score (nSPS) is 12.7. The lowest BCUT2D eigenvalue weighted by Gasteiger charge is -2.11. The van der Waals surface area contributed by atoms with Crippen molar-refractivity contribution in [3.05, 3.63) is 41.5 Å². The molecule has 0 heterocycles. The number of aliphatic hydroxyl groups excluding tert-OH is 1. The van der Waals surface area contributed by atoms with Gasteiger partial charge >= 0.3 is 0 Å². The first-order valence-corrected chi connectivity index (χ1v) is 5.62. The highest BCUT2D eigenvalue weighted by molar-refractivity contribution is 5.91. The van der Waals surface area contributed by atoms with Crippen LogP contribution in [0, 0.1) is 11.6 Å². The fraction of sp³-hybridized carbons (Fsp3) is 0.308. The largest absolute Gasteiger partial charge is 0.394 e. The number of aliphatic hydroxyl groups is 1. The molecule has 98 valence electrons. The molecular weight excluding hydrogens is 240 g/mol. The second-order valence-corrected chi connectivity index (χ2v) is 3.77. The quantitative estimate of drug-likeness (QED) is 0.789. The Balaban J connectivity index is 2.72. The molecule has 0 aliphatic carbocycles. The predicted molar refractivity (Wildman–Crippen MR) is 64.7 cm³/mol. The van der Waals surface area contributed by atoms with Crippen molar-refractivity contribution in [2.45, 2.75) is 19.4 Å². The molecule has 1 aromatic carbocycles. The summed E-state index contributed by atoms with van der Waals surface area (Å²) < 4.78 is 26.5. The first kappa shape index (κ1) is 14.3. The molecule has 1 unspecified atom stereocenters. The van der Waals surface area contributed by atoms with Crippen LogP contribution in [0.15, 0.2) is 24.3 Å². The van der Waals surface area contributed by atoms with Crippen LogP contribution in [0.2, 0.25) is 0 Å². The lowest BCUT2D eigenvalue weighted by molar-refractivity contribution is -0.117. The number of halogens is 2. The molecule has 2 N–H and O–H groups in total. The number of hydrogen-bond donors (Lipinski definition) is 2. The Morgan fingerprint density at radius 1 is 1.44 bits per heavy atom. The van der Waals surface area contributed by atoms with Crippen LogP contribution in [-0.4, -0.2) is 23.7 Å². The van der Waals surface area contributed by atoms with Crippen LogP contribution in [0.3, 0.4) is 0 Å². The number of benzene rings is 1. The van der Waals surface area contributed by atoms with E-state index in [2.05, 4.69) is 5.32 Å². The van der Waals surface area contributed by atoms with Gasteiger partial charge in [0.05, 0.1) is 12.6 Å². The van der Waals surface area contributed by atoms with Crippen LogP contribution in [-0.2, 0) is 4.79 Å². The highest BCUT2D eigenvalue weighted by Crippen LogP contribution is 2.13. The number of rotatable bonds is 5. The van der Waals surface area contributed by atoms with Gasteiger partial charge in [0.15, 0.2) is 0 Å². The van der Waals surface area contributed by atoms with Gasteiger partial charge in [-0.25, -0.2) is 8.78 Å². The summed E-state index contributed by atoms with van der Waals surface area (Å²) in [6.45, 7) is 1.63. The molecule has 3 nitrogen and oxygen atoms in total. The molecule has 18 heavy (non-hydrogen) atoms. The number of amides is 1. The van der Waals surface area contributed by atoms with Crippen molar-refractivity contribution in [2.24, 2.45) is 0 Å². The molecule has 0 aliphatic heterocycles. The molecule has 0 saturated heterocycles. The number of hydrogen-bond acceptors (Lipinski definition) is 2. The smallest absolute Gasteiger partial charge is 0.244 e. The number of carbonyl (C=O) groups excluding carboxylic acids is 1. The van der Waals surface area contributed by atoms with E-state index < -0.39 is 17.5 Å². The summed E-state index contributed by atoms with van der Waals surface area (Å²) in [5.74, 6) is -1.96. The molecule has 1 aromatic rings. The maximum atomic E-state index is 13.2. The van der Waals surface area contributed by atoms with Gasteiger partial charge in [-0.15, -0.1) is 0 Å². The van der Waals surface area contributed by atoms with Crippen molar-refractivity contribution in [2.75, 3.05) is 6.61 Å². The molecule has 5 heteroatoms. The van der Waals surface area contributed by atoms with E-state index in [1.54, 1.807) is 6.92 Å². The fourth-order valence-corrected chi connectivity index (χ4v) is 1.36. The Morgan fingerprint density at radius 3 is 2.56 bits per heavy atom. The molecule has 0 aliphatic rings. The zero-order valence-electron chi connectivity index (χ0n) is 9.99. The minimum absolute atomic E-state index is 0.176. The molecule has 1 atom stereocenters. The van der Waals surface area contributed by atoms with E-state index >= 15 is 0 Å². The zero-order chi connectivity index (χ0) is 13.5. The maximum Gasteiger partial charge on any atom is 0.244 e. The van der Waals surface area contributed by atoms with Crippen LogP contribution >= 0.6 is 0 Å². The van der Waals surface area contributed by atoms with Crippen molar-refractivity contribution in [3.63, 3.8) is 0 Å². The van der Waals surface area contributed by atoms with Gasteiger partial charge in [-0.3, -0.25) is 4.79 Å². The fourth-order valence-electron chi connectivity index (χ4n) is 1.36. The van der Waals surface area contributed by atoms with Crippen LogP contribution in [0.1, 0.15) is 18.9 Å². The van der Waals surface area contributed by atoms with Gasteiger partial charge in [-0.05, 0) is 24.6 Å². The summed E-state index contributed by atoms with van der Waals surface area (Å²) in [5, 5.41) is 11.4. The van der Waals surface area contributed by atoms with Crippen molar-refractivity contribution >= 4 is 12.0 Å². The highest BCUT2D eigenvalue weighted by atomic mass is 19.1. The second kappa shape index (κ2) is 6.86. The van der Waals surface area contributed by atoms with Crippen molar-refractivity contribution in [1.82, 2.24) is 5.32 Å². The summed E-state index contributed by atoms with van der Waals surface area (Å²) in [5.41, 5.74) is -0.260. The molecule has 0 fully saturated rings. The molecule has 1 rings (SSSR count). The van der Waals surface area contributed by atoms with Crippen molar-refractivity contribution in [1.29, 1.82) is 0 Å². The first-order valence-electron chi connectivity index (χ1n) is 5.62. The Bertz CT molecular complexity index is 422. The van der Waals surface area contributed by atoms with Gasteiger partial charge in [-0.2, -0.15) is 0 Å². The van der Waals surface area contributed by atoms with Gasteiger partial charge in [0.25, 0.3) is 0 Å².